The van der Waals surface area contributed by atoms with E-state index in [1.54, 1.807) is 0 Å². The SMILES string of the molecule is CC1(c2nnc(CC3(CC(=O)O)CCCC3)o2)CCCS1. The van der Waals surface area contributed by atoms with E-state index >= 15 is 0 Å². The van der Waals surface area contributed by atoms with E-state index in [9.17, 15) is 4.79 Å². The molecule has 0 amide bonds. The van der Waals surface area contributed by atoms with Gasteiger partial charge in [0.15, 0.2) is 0 Å². The molecule has 3 rings (SSSR count). The van der Waals surface area contributed by atoms with Crippen molar-refractivity contribution in [2.24, 2.45) is 5.41 Å². The van der Waals surface area contributed by atoms with E-state index in [1.165, 1.54) is 6.42 Å². The lowest BCUT2D eigenvalue weighted by Crippen LogP contribution is -2.24. The van der Waals surface area contributed by atoms with Crippen LogP contribution in [0, 0.1) is 5.41 Å². The van der Waals surface area contributed by atoms with Crippen LogP contribution in [0.15, 0.2) is 4.42 Å². The lowest BCUT2D eigenvalue weighted by atomic mass is 9.79. The number of aliphatic carboxylic acids is 1. The molecule has 2 aliphatic rings. The molecule has 5 nitrogen and oxygen atoms in total. The molecule has 0 radical (unpaired) electrons. The van der Waals surface area contributed by atoms with Gasteiger partial charge in [0.25, 0.3) is 0 Å². The average molecular weight is 310 g/mol. The number of thioether (sulfide) groups is 1. The highest BCUT2D eigenvalue weighted by atomic mass is 32.2. The monoisotopic (exact) mass is 310 g/mol. The molecule has 6 heteroatoms. The second-order valence-corrected chi connectivity index (χ2v) is 8.24. The summed E-state index contributed by atoms with van der Waals surface area (Å²) in [6, 6.07) is 0. The van der Waals surface area contributed by atoms with E-state index in [0.717, 1.165) is 37.9 Å². The minimum absolute atomic E-state index is 0.0547. The first kappa shape index (κ1) is 14.9. The fraction of sp³-hybridized carbons (Fsp3) is 0.800. The minimum atomic E-state index is -0.727. The number of carboxylic acid groups (broad SMARTS) is 1. The Morgan fingerprint density at radius 1 is 1.29 bits per heavy atom. The molecule has 0 bridgehead atoms. The minimum Gasteiger partial charge on any atom is -0.481 e. The molecule has 2 fully saturated rings. The maximum absolute atomic E-state index is 11.1. The van der Waals surface area contributed by atoms with Crippen molar-refractivity contribution >= 4 is 17.7 Å². The zero-order valence-electron chi connectivity index (χ0n) is 12.4. The predicted molar refractivity (Wildman–Crippen MR) is 80.2 cm³/mol. The van der Waals surface area contributed by atoms with Gasteiger partial charge < -0.3 is 9.52 Å². The molecule has 21 heavy (non-hydrogen) atoms. The van der Waals surface area contributed by atoms with Crippen LogP contribution >= 0.6 is 11.8 Å². The van der Waals surface area contributed by atoms with Crippen molar-refractivity contribution in [3.05, 3.63) is 11.8 Å². The smallest absolute Gasteiger partial charge is 0.303 e. The molecular weight excluding hydrogens is 288 g/mol. The van der Waals surface area contributed by atoms with E-state index in [1.807, 2.05) is 11.8 Å². The topological polar surface area (TPSA) is 76.2 Å². The van der Waals surface area contributed by atoms with E-state index in [0.29, 0.717) is 18.2 Å². The van der Waals surface area contributed by atoms with Crippen molar-refractivity contribution in [1.82, 2.24) is 10.2 Å². The summed E-state index contributed by atoms with van der Waals surface area (Å²) in [6.07, 6.45) is 7.15. The summed E-state index contributed by atoms with van der Waals surface area (Å²) in [7, 11) is 0. The summed E-state index contributed by atoms with van der Waals surface area (Å²) in [5.41, 5.74) is -0.181. The second-order valence-electron chi connectivity index (χ2n) is 6.64. The van der Waals surface area contributed by atoms with E-state index in [4.69, 9.17) is 9.52 Å². The Morgan fingerprint density at radius 3 is 2.67 bits per heavy atom. The molecule has 1 unspecified atom stereocenters. The highest BCUT2D eigenvalue weighted by Crippen LogP contribution is 2.47. The van der Waals surface area contributed by atoms with Gasteiger partial charge in [-0.15, -0.1) is 22.0 Å². The Balaban J connectivity index is 1.75. The summed E-state index contributed by atoms with van der Waals surface area (Å²) in [6.45, 7) is 2.16. The quantitative estimate of drug-likeness (QED) is 0.898. The van der Waals surface area contributed by atoms with E-state index < -0.39 is 5.97 Å². The normalized spacial score (nSPS) is 28.0. The van der Waals surface area contributed by atoms with Crippen LogP contribution in [0.2, 0.25) is 0 Å². The van der Waals surface area contributed by atoms with Crippen LogP contribution < -0.4 is 0 Å². The fourth-order valence-electron chi connectivity index (χ4n) is 3.67. The van der Waals surface area contributed by atoms with Gasteiger partial charge in [-0.1, -0.05) is 12.8 Å². The van der Waals surface area contributed by atoms with Crippen molar-refractivity contribution in [3.63, 3.8) is 0 Å². The number of rotatable bonds is 5. The van der Waals surface area contributed by atoms with Crippen molar-refractivity contribution in [1.29, 1.82) is 0 Å². The van der Waals surface area contributed by atoms with Gasteiger partial charge in [-0.25, -0.2) is 0 Å². The molecule has 1 saturated heterocycles. The molecule has 0 aromatic carbocycles. The van der Waals surface area contributed by atoms with Crippen LogP contribution in [0.4, 0.5) is 0 Å². The largest absolute Gasteiger partial charge is 0.481 e. The number of carbonyl (C=O) groups is 1. The number of hydrogen-bond donors (Lipinski definition) is 1. The molecule has 2 heterocycles. The molecule has 1 aromatic heterocycles. The Labute approximate surface area is 128 Å². The standard InChI is InChI=1S/C15H22N2O3S/c1-14(5-4-8-21-14)13-17-16-11(20-13)9-15(10-12(18)19)6-2-3-7-15/h2-10H2,1H3,(H,18,19). The van der Waals surface area contributed by atoms with Crippen LogP contribution in [0.1, 0.15) is 63.7 Å². The molecule has 1 N–H and O–H groups in total. The molecule has 1 aromatic rings. The van der Waals surface area contributed by atoms with Gasteiger partial charge >= 0.3 is 5.97 Å². The molecule has 1 aliphatic carbocycles. The predicted octanol–water partition coefficient (Wildman–Crippen LogP) is 3.39. The summed E-state index contributed by atoms with van der Waals surface area (Å²) < 4.78 is 5.85. The molecule has 0 spiro atoms. The summed E-state index contributed by atoms with van der Waals surface area (Å²) in [4.78, 5) is 11.1. The van der Waals surface area contributed by atoms with E-state index in [-0.39, 0.29) is 16.6 Å². The van der Waals surface area contributed by atoms with Crippen LogP contribution in [0.25, 0.3) is 0 Å². The number of nitrogens with zero attached hydrogens (tertiary/aromatic N) is 2. The first-order valence-electron chi connectivity index (χ1n) is 7.70. The summed E-state index contributed by atoms with van der Waals surface area (Å²) >= 11 is 1.87. The number of hydrogen-bond acceptors (Lipinski definition) is 5. The summed E-state index contributed by atoms with van der Waals surface area (Å²) in [5, 5.41) is 17.6. The van der Waals surface area contributed by atoms with Gasteiger partial charge in [0.1, 0.15) is 0 Å². The van der Waals surface area contributed by atoms with E-state index in [2.05, 4.69) is 17.1 Å². The van der Waals surface area contributed by atoms with Crippen LogP contribution in [0.5, 0.6) is 0 Å². The van der Waals surface area contributed by atoms with Crippen molar-refractivity contribution in [2.75, 3.05) is 5.75 Å². The Morgan fingerprint density at radius 2 is 2.05 bits per heavy atom. The first-order valence-corrected chi connectivity index (χ1v) is 8.69. The number of aromatic nitrogens is 2. The number of carboxylic acids is 1. The third-order valence-electron chi connectivity index (χ3n) is 4.85. The van der Waals surface area contributed by atoms with Crippen molar-refractivity contribution in [3.8, 4) is 0 Å². The Bertz CT molecular complexity index is 517. The molecule has 1 atom stereocenters. The molecular formula is C15H22N2O3S. The molecule has 1 saturated carbocycles. The van der Waals surface area contributed by atoms with Gasteiger partial charge in [-0.3, -0.25) is 4.79 Å². The maximum Gasteiger partial charge on any atom is 0.303 e. The second kappa shape index (κ2) is 5.63. The highest BCUT2D eigenvalue weighted by molar-refractivity contribution is 8.00. The van der Waals surface area contributed by atoms with Crippen LogP contribution in [-0.2, 0) is 16.0 Å². The maximum atomic E-state index is 11.1. The van der Waals surface area contributed by atoms with Crippen molar-refractivity contribution < 1.29 is 14.3 Å². The van der Waals surface area contributed by atoms with Gasteiger partial charge in [0.05, 0.1) is 11.2 Å². The lowest BCUT2D eigenvalue weighted by molar-refractivity contribution is -0.139. The zero-order chi connectivity index (χ0) is 14.9. The Kier molecular flexibility index (Phi) is 3.99. The van der Waals surface area contributed by atoms with Gasteiger partial charge in [0.2, 0.25) is 11.8 Å². The van der Waals surface area contributed by atoms with Crippen LogP contribution in [0.3, 0.4) is 0 Å². The third-order valence-corrected chi connectivity index (χ3v) is 6.36. The summed E-state index contributed by atoms with van der Waals surface area (Å²) in [5.74, 6) is 1.73. The Hall–Kier alpha value is -1.04. The third kappa shape index (κ3) is 3.10. The van der Waals surface area contributed by atoms with Gasteiger partial charge in [-0.2, -0.15) is 0 Å². The van der Waals surface area contributed by atoms with Gasteiger partial charge in [-0.05, 0) is 43.8 Å². The van der Waals surface area contributed by atoms with Gasteiger partial charge in [0, 0.05) is 6.42 Å². The van der Waals surface area contributed by atoms with Crippen molar-refractivity contribution in [2.45, 2.75) is 63.0 Å². The average Bonchev–Trinajstić information content (AvgIpc) is 3.11. The molecule has 116 valence electrons. The molecule has 1 aliphatic heterocycles. The highest BCUT2D eigenvalue weighted by Gasteiger charge is 2.40. The lowest BCUT2D eigenvalue weighted by Gasteiger charge is -2.25. The zero-order valence-corrected chi connectivity index (χ0v) is 13.2. The fourth-order valence-corrected chi connectivity index (χ4v) is 4.90. The van der Waals surface area contributed by atoms with Crippen LogP contribution in [-0.4, -0.2) is 27.0 Å². The first-order chi connectivity index (χ1) is 10.0.